The van der Waals surface area contributed by atoms with Crippen LogP contribution < -0.4 is 5.32 Å². The zero-order chi connectivity index (χ0) is 16.4. The second-order valence-electron chi connectivity index (χ2n) is 7.20. The minimum absolute atomic E-state index is 0.121. The van der Waals surface area contributed by atoms with Crippen molar-refractivity contribution in [2.24, 2.45) is 5.92 Å². The second-order valence-corrected chi connectivity index (χ2v) is 7.20. The summed E-state index contributed by atoms with van der Waals surface area (Å²) in [5.41, 5.74) is 2.65. The van der Waals surface area contributed by atoms with Crippen LogP contribution in [0, 0.1) is 5.92 Å². The van der Waals surface area contributed by atoms with Crippen LogP contribution in [-0.4, -0.2) is 39.7 Å². The van der Waals surface area contributed by atoms with Gasteiger partial charge in [-0.25, -0.2) is 0 Å². The molecule has 0 spiro atoms. The lowest BCUT2D eigenvalue weighted by atomic mass is 9.92. The van der Waals surface area contributed by atoms with E-state index in [9.17, 15) is 4.79 Å². The molecule has 1 aromatic rings. The molecule has 2 heterocycles. The van der Waals surface area contributed by atoms with Crippen molar-refractivity contribution in [3.8, 4) is 0 Å². The number of nitrogens with one attached hydrogen (secondary N) is 1. The highest BCUT2D eigenvalue weighted by atomic mass is 16.2. The number of nitrogens with zero attached hydrogens (tertiary/aromatic N) is 3. The molecule has 1 N–H and O–H groups in total. The molecule has 1 amide bonds. The van der Waals surface area contributed by atoms with Crippen molar-refractivity contribution >= 4 is 5.91 Å². The molecule has 2 atom stereocenters. The summed E-state index contributed by atoms with van der Waals surface area (Å²) in [5.74, 6) is 1.01. The van der Waals surface area contributed by atoms with Crippen LogP contribution in [0.2, 0.25) is 0 Å². The highest BCUT2D eigenvalue weighted by molar-refractivity contribution is 5.81. The SMILES string of the molecule is CCn1ncc2c1CCC[C@@H]2N[C@H](C)C(=O)N1CCC(C)CC1. The normalized spacial score (nSPS) is 23.6. The summed E-state index contributed by atoms with van der Waals surface area (Å²) < 4.78 is 2.10. The molecule has 0 unspecified atom stereocenters. The van der Waals surface area contributed by atoms with Gasteiger partial charge in [0.05, 0.1) is 12.2 Å². The first kappa shape index (κ1) is 16.5. The molecule has 0 aromatic carbocycles. The van der Waals surface area contributed by atoms with Crippen molar-refractivity contribution in [1.29, 1.82) is 0 Å². The van der Waals surface area contributed by atoms with Crippen LogP contribution in [0.15, 0.2) is 6.20 Å². The Hall–Kier alpha value is -1.36. The van der Waals surface area contributed by atoms with Gasteiger partial charge in [-0.1, -0.05) is 6.92 Å². The zero-order valence-corrected chi connectivity index (χ0v) is 14.7. The lowest BCUT2D eigenvalue weighted by molar-refractivity contribution is -0.134. The Morgan fingerprint density at radius 3 is 2.83 bits per heavy atom. The van der Waals surface area contributed by atoms with E-state index >= 15 is 0 Å². The molecular weight excluding hydrogens is 288 g/mol. The van der Waals surface area contributed by atoms with Gasteiger partial charge in [0.2, 0.25) is 5.91 Å². The highest BCUT2D eigenvalue weighted by Crippen LogP contribution is 2.30. The number of rotatable bonds is 4. The van der Waals surface area contributed by atoms with Crippen LogP contribution in [0.5, 0.6) is 0 Å². The molecule has 5 nitrogen and oxygen atoms in total. The van der Waals surface area contributed by atoms with Crippen LogP contribution in [0.25, 0.3) is 0 Å². The van der Waals surface area contributed by atoms with E-state index in [-0.39, 0.29) is 18.0 Å². The Kier molecular flexibility index (Phi) is 5.05. The first-order valence-electron chi connectivity index (χ1n) is 9.19. The second kappa shape index (κ2) is 7.04. The van der Waals surface area contributed by atoms with Gasteiger partial charge in [0.25, 0.3) is 0 Å². The van der Waals surface area contributed by atoms with E-state index in [2.05, 4.69) is 28.9 Å². The number of hydrogen-bond donors (Lipinski definition) is 1. The van der Waals surface area contributed by atoms with Crippen molar-refractivity contribution in [2.75, 3.05) is 13.1 Å². The van der Waals surface area contributed by atoms with Gasteiger partial charge in [-0.3, -0.25) is 14.8 Å². The van der Waals surface area contributed by atoms with Gasteiger partial charge >= 0.3 is 0 Å². The standard InChI is InChI=1S/C18H30N4O/c1-4-22-17-7-5-6-16(15(17)12-19-22)20-14(3)18(23)21-10-8-13(2)9-11-21/h12-14,16,20H,4-11H2,1-3H3/t14-,16+/m1/s1. The predicted octanol–water partition coefficient (Wildman–Crippen LogP) is 2.52. The molecule has 1 aromatic heterocycles. The molecule has 23 heavy (non-hydrogen) atoms. The van der Waals surface area contributed by atoms with Crippen molar-refractivity contribution in [3.63, 3.8) is 0 Å². The fraction of sp³-hybridized carbons (Fsp3) is 0.778. The third-order valence-electron chi connectivity index (χ3n) is 5.48. The van der Waals surface area contributed by atoms with E-state index in [0.29, 0.717) is 0 Å². The monoisotopic (exact) mass is 318 g/mol. The largest absolute Gasteiger partial charge is 0.341 e. The fourth-order valence-corrected chi connectivity index (χ4v) is 3.94. The van der Waals surface area contributed by atoms with Crippen LogP contribution in [0.1, 0.15) is 63.8 Å². The van der Waals surface area contributed by atoms with E-state index < -0.39 is 0 Å². The smallest absolute Gasteiger partial charge is 0.239 e. The van der Waals surface area contributed by atoms with Crippen LogP contribution >= 0.6 is 0 Å². The van der Waals surface area contributed by atoms with Gasteiger partial charge in [-0.2, -0.15) is 5.10 Å². The van der Waals surface area contributed by atoms with Crippen molar-refractivity contribution < 1.29 is 4.79 Å². The molecule has 128 valence electrons. The summed E-state index contributed by atoms with van der Waals surface area (Å²) in [7, 11) is 0. The maximum Gasteiger partial charge on any atom is 0.239 e. The number of carbonyl (C=O) groups excluding carboxylic acids is 1. The maximum absolute atomic E-state index is 12.7. The summed E-state index contributed by atoms with van der Waals surface area (Å²) in [5, 5.41) is 8.07. The molecule has 1 fully saturated rings. The molecule has 2 aliphatic rings. The lowest BCUT2D eigenvalue weighted by Gasteiger charge is -2.34. The number of hydrogen-bond acceptors (Lipinski definition) is 3. The Morgan fingerprint density at radius 2 is 2.13 bits per heavy atom. The van der Waals surface area contributed by atoms with Gasteiger partial charge in [0, 0.05) is 36.9 Å². The Morgan fingerprint density at radius 1 is 1.39 bits per heavy atom. The minimum atomic E-state index is -0.121. The topological polar surface area (TPSA) is 50.2 Å². The molecule has 1 saturated heterocycles. The number of aromatic nitrogens is 2. The van der Waals surface area contributed by atoms with E-state index in [4.69, 9.17) is 0 Å². The summed E-state index contributed by atoms with van der Waals surface area (Å²) in [6.45, 7) is 9.17. The molecule has 3 rings (SSSR count). The predicted molar refractivity (Wildman–Crippen MR) is 91.2 cm³/mol. The van der Waals surface area contributed by atoms with Crippen molar-refractivity contribution in [3.05, 3.63) is 17.5 Å². The van der Waals surface area contributed by atoms with E-state index in [1.165, 1.54) is 17.7 Å². The van der Waals surface area contributed by atoms with Gasteiger partial charge in [-0.15, -0.1) is 0 Å². The average molecular weight is 318 g/mol. The molecule has 5 heteroatoms. The number of aryl methyl sites for hydroxylation is 1. The number of amides is 1. The third-order valence-corrected chi connectivity index (χ3v) is 5.48. The van der Waals surface area contributed by atoms with Crippen molar-refractivity contribution in [1.82, 2.24) is 20.0 Å². The van der Waals surface area contributed by atoms with E-state index in [1.807, 2.05) is 18.0 Å². The quantitative estimate of drug-likeness (QED) is 0.928. The summed E-state index contributed by atoms with van der Waals surface area (Å²) >= 11 is 0. The van der Waals surface area contributed by atoms with Crippen LogP contribution in [0.3, 0.4) is 0 Å². The fourth-order valence-electron chi connectivity index (χ4n) is 3.94. The third kappa shape index (κ3) is 3.44. The minimum Gasteiger partial charge on any atom is -0.341 e. The number of carbonyl (C=O) groups is 1. The lowest BCUT2D eigenvalue weighted by Crippen LogP contribution is -2.48. The summed E-state index contributed by atoms with van der Waals surface area (Å²) in [4.78, 5) is 14.7. The zero-order valence-electron chi connectivity index (χ0n) is 14.7. The van der Waals surface area contributed by atoms with Gasteiger partial charge < -0.3 is 4.90 Å². The molecule has 1 aliphatic heterocycles. The van der Waals surface area contributed by atoms with Gasteiger partial charge in [-0.05, 0) is 51.9 Å². The molecule has 0 radical (unpaired) electrons. The molecule has 0 bridgehead atoms. The highest BCUT2D eigenvalue weighted by Gasteiger charge is 2.29. The number of fused-ring (bicyclic) bond motifs is 1. The Labute approximate surface area is 139 Å². The Bertz CT molecular complexity index is 545. The first-order chi connectivity index (χ1) is 11.1. The first-order valence-corrected chi connectivity index (χ1v) is 9.19. The summed E-state index contributed by atoms with van der Waals surface area (Å²) in [6.07, 6.45) is 7.63. The van der Waals surface area contributed by atoms with E-state index in [1.54, 1.807) is 0 Å². The van der Waals surface area contributed by atoms with Crippen LogP contribution in [0.4, 0.5) is 0 Å². The maximum atomic E-state index is 12.7. The number of piperidine rings is 1. The summed E-state index contributed by atoms with van der Waals surface area (Å²) in [6, 6.07) is 0.144. The Balaban J connectivity index is 1.63. The van der Waals surface area contributed by atoms with Gasteiger partial charge in [0.1, 0.15) is 0 Å². The van der Waals surface area contributed by atoms with E-state index in [0.717, 1.165) is 51.2 Å². The molecular formula is C18H30N4O. The average Bonchev–Trinajstić information content (AvgIpc) is 2.99. The van der Waals surface area contributed by atoms with Crippen molar-refractivity contribution in [2.45, 2.75) is 71.5 Å². The molecule has 0 saturated carbocycles. The van der Waals surface area contributed by atoms with Gasteiger partial charge in [0.15, 0.2) is 0 Å². The number of likely N-dealkylation sites (tertiary alicyclic amines) is 1. The van der Waals surface area contributed by atoms with Crippen LogP contribution in [-0.2, 0) is 17.8 Å². The molecule has 1 aliphatic carbocycles.